The highest BCUT2D eigenvalue weighted by atomic mass is 16.3. The Bertz CT molecular complexity index is 972. The quantitative estimate of drug-likeness (QED) is 0.407. The van der Waals surface area contributed by atoms with Crippen molar-refractivity contribution in [3.8, 4) is 17.2 Å². The molecule has 3 aromatic rings. The summed E-state index contributed by atoms with van der Waals surface area (Å²) >= 11 is 0. The lowest BCUT2D eigenvalue weighted by atomic mass is 9.81. The van der Waals surface area contributed by atoms with E-state index in [1.54, 1.807) is 12.1 Å². The molecular formula is C25H28O5. The number of aromatic hydroxyl groups is 3. The van der Waals surface area contributed by atoms with Crippen molar-refractivity contribution in [1.29, 1.82) is 0 Å². The SMILES string of the molecule is Cc1cc(C(c2cc(C)c(O)c(C)c2)c2cc(CO)c(O)c(CO)c2)cc(C)c1O. The van der Waals surface area contributed by atoms with E-state index in [0.717, 1.165) is 38.9 Å². The van der Waals surface area contributed by atoms with Crippen LogP contribution in [0.15, 0.2) is 36.4 Å². The molecule has 0 aliphatic heterocycles. The normalized spacial score (nSPS) is 11.3. The van der Waals surface area contributed by atoms with Gasteiger partial charge in [-0.3, -0.25) is 0 Å². The van der Waals surface area contributed by atoms with Gasteiger partial charge in [-0.05, 0) is 78.8 Å². The van der Waals surface area contributed by atoms with E-state index in [0.29, 0.717) is 11.1 Å². The topological polar surface area (TPSA) is 101 Å². The maximum atomic E-state index is 10.3. The van der Waals surface area contributed by atoms with E-state index >= 15 is 0 Å². The molecule has 0 aliphatic carbocycles. The lowest BCUT2D eigenvalue weighted by Crippen LogP contribution is -2.08. The molecule has 0 amide bonds. The molecule has 0 saturated heterocycles. The molecule has 158 valence electrons. The number of aliphatic hydroxyl groups is 2. The second-order valence-electron chi connectivity index (χ2n) is 7.94. The van der Waals surface area contributed by atoms with Crippen molar-refractivity contribution in [2.45, 2.75) is 46.8 Å². The van der Waals surface area contributed by atoms with Crippen molar-refractivity contribution < 1.29 is 25.5 Å². The maximum Gasteiger partial charge on any atom is 0.126 e. The minimum absolute atomic E-state index is 0.112. The van der Waals surface area contributed by atoms with Crippen LogP contribution in [0.2, 0.25) is 0 Å². The average Bonchev–Trinajstić information content (AvgIpc) is 2.71. The highest BCUT2D eigenvalue weighted by molar-refractivity contribution is 5.55. The summed E-state index contributed by atoms with van der Waals surface area (Å²) in [6, 6.07) is 11.1. The summed E-state index contributed by atoms with van der Waals surface area (Å²) < 4.78 is 0. The predicted octanol–water partition coefficient (Wildman–Crippen LogP) is 4.20. The number of aliphatic hydroxyl groups excluding tert-OH is 2. The second-order valence-corrected chi connectivity index (χ2v) is 7.94. The molecule has 3 aromatic carbocycles. The van der Waals surface area contributed by atoms with Gasteiger partial charge in [-0.2, -0.15) is 0 Å². The van der Waals surface area contributed by atoms with Crippen LogP contribution < -0.4 is 0 Å². The molecule has 0 fully saturated rings. The maximum absolute atomic E-state index is 10.3. The van der Waals surface area contributed by atoms with Crippen LogP contribution in [-0.4, -0.2) is 25.5 Å². The van der Waals surface area contributed by atoms with Gasteiger partial charge in [0, 0.05) is 17.0 Å². The van der Waals surface area contributed by atoms with Gasteiger partial charge in [0.15, 0.2) is 0 Å². The number of rotatable bonds is 5. The first-order chi connectivity index (χ1) is 14.2. The van der Waals surface area contributed by atoms with E-state index in [4.69, 9.17) is 0 Å². The third-order valence-corrected chi connectivity index (χ3v) is 5.66. The molecule has 0 heterocycles. The van der Waals surface area contributed by atoms with Gasteiger partial charge < -0.3 is 25.5 Å². The Balaban J connectivity index is 2.34. The molecule has 0 aliphatic rings. The molecule has 3 rings (SSSR count). The highest BCUT2D eigenvalue weighted by Gasteiger charge is 2.23. The smallest absolute Gasteiger partial charge is 0.126 e. The zero-order chi connectivity index (χ0) is 22.2. The zero-order valence-electron chi connectivity index (χ0n) is 17.7. The van der Waals surface area contributed by atoms with Crippen LogP contribution in [0.25, 0.3) is 0 Å². The van der Waals surface area contributed by atoms with Crippen molar-refractivity contribution in [3.63, 3.8) is 0 Å². The number of benzene rings is 3. The van der Waals surface area contributed by atoms with Crippen molar-refractivity contribution >= 4 is 0 Å². The molecular weight excluding hydrogens is 380 g/mol. The predicted molar refractivity (Wildman–Crippen MR) is 116 cm³/mol. The van der Waals surface area contributed by atoms with Crippen LogP contribution in [-0.2, 0) is 13.2 Å². The molecule has 5 heteroatoms. The van der Waals surface area contributed by atoms with Crippen LogP contribution >= 0.6 is 0 Å². The van der Waals surface area contributed by atoms with Crippen LogP contribution in [0.5, 0.6) is 17.2 Å². The summed E-state index contributed by atoms with van der Waals surface area (Å²) in [7, 11) is 0. The van der Waals surface area contributed by atoms with E-state index in [1.807, 2.05) is 52.0 Å². The number of phenols is 3. The summed E-state index contributed by atoms with van der Waals surface area (Å²) in [5, 5.41) is 50.2. The fraction of sp³-hybridized carbons (Fsp3) is 0.280. The first-order valence-corrected chi connectivity index (χ1v) is 9.84. The lowest BCUT2D eigenvalue weighted by Gasteiger charge is -2.23. The molecule has 0 aromatic heterocycles. The molecule has 0 atom stereocenters. The van der Waals surface area contributed by atoms with E-state index in [-0.39, 0.29) is 36.4 Å². The van der Waals surface area contributed by atoms with Gasteiger partial charge in [-0.1, -0.05) is 24.3 Å². The van der Waals surface area contributed by atoms with Gasteiger partial charge >= 0.3 is 0 Å². The van der Waals surface area contributed by atoms with Gasteiger partial charge in [0.2, 0.25) is 0 Å². The minimum atomic E-state index is -0.360. The summed E-state index contributed by atoms with van der Waals surface area (Å²) in [6.45, 7) is 6.63. The molecule has 5 nitrogen and oxygen atoms in total. The van der Waals surface area contributed by atoms with Crippen LogP contribution in [0.4, 0.5) is 0 Å². The lowest BCUT2D eigenvalue weighted by molar-refractivity contribution is 0.263. The van der Waals surface area contributed by atoms with Gasteiger partial charge in [0.1, 0.15) is 17.2 Å². The summed E-state index contributed by atoms with van der Waals surface area (Å²) in [5.74, 6) is 0.0811. The Morgan fingerprint density at radius 1 is 0.533 bits per heavy atom. The third kappa shape index (κ3) is 3.86. The average molecular weight is 408 g/mol. The Labute approximate surface area is 176 Å². The summed E-state index contributed by atoms with van der Waals surface area (Å²) in [5.41, 5.74) is 6.27. The molecule has 0 spiro atoms. The summed E-state index contributed by atoms with van der Waals surface area (Å²) in [6.07, 6.45) is 0. The van der Waals surface area contributed by atoms with E-state index in [2.05, 4.69) is 0 Å². The fourth-order valence-electron chi connectivity index (χ4n) is 4.08. The summed E-state index contributed by atoms with van der Waals surface area (Å²) in [4.78, 5) is 0. The van der Waals surface area contributed by atoms with Gasteiger partial charge in [-0.25, -0.2) is 0 Å². The highest BCUT2D eigenvalue weighted by Crippen LogP contribution is 2.40. The fourth-order valence-corrected chi connectivity index (χ4v) is 4.08. The largest absolute Gasteiger partial charge is 0.507 e. The first kappa shape index (κ1) is 21.7. The number of hydrogen-bond acceptors (Lipinski definition) is 5. The molecule has 5 N–H and O–H groups in total. The van der Waals surface area contributed by atoms with E-state index < -0.39 is 0 Å². The molecule has 0 saturated carbocycles. The van der Waals surface area contributed by atoms with Gasteiger partial charge in [0.25, 0.3) is 0 Å². The van der Waals surface area contributed by atoms with Crippen molar-refractivity contribution in [2.24, 2.45) is 0 Å². The van der Waals surface area contributed by atoms with E-state index in [9.17, 15) is 25.5 Å². The van der Waals surface area contributed by atoms with Gasteiger partial charge in [0.05, 0.1) is 13.2 Å². The standard InChI is InChI=1S/C25H28O5/c1-13-5-17(6-14(2)23(13)28)22(18-7-15(3)24(29)16(4)8-18)19-9-20(11-26)25(30)21(10-19)12-27/h5-10,22,26-30H,11-12H2,1-4H3. The Morgan fingerprint density at radius 3 is 1.13 bits per heavy atom. The van der Waals surface area contributed by atoms with Crippen molar-refractivity contribution in [1.82, 2.24) is 0 Å². The monoisotopic (exact) mass is 408 g/mol. The number of hydrogen-bond donors (Lipinski definition) is 5. The first-order valence-electron chi connectivity index (χ1n) is 9.84. The van der Waals surface area contributed by atoms with Crippen molar-refractivity contribution in [2.75, 3.05) is 0 Å². The molecule has 0 bridgehead atoms. The number of aryl methyl sites for hydroxylation is 4. The van der Waals surface area contributed by atoms with Crippen molar-refractivity contribution in [3.05, 3.63) is 86.5 Å². The van der Waals surface area contributed by atoms with E-state index in [1.165, 1.54) is 0 Å². The second kappa shape index (κ2) is 8.38. The Kier molecular flexibility index (Phi) is 6.06. The molecule has 0 unspecified atom stereocenters. The molecule has 0 radical (unpaired) electrons. The molecule has 30 heavy (non-hydrogen) atoms. The minimum Gasteiger partial charge on any atom is -0.507 e. The Hall–Kier alpha value is -3.02. The Morgan fingerprint density at radius 2 is 0.833 bits per heavy atom. The van der Waals surface area contributed by atoms with Crippen LogP contribution in [0.1, 0.15) is 56.0 Å². The van der Waals surface area contributed by atoms with Crippen LogP contribution in [0.3, 0.4) is 0 Å². The zero-order valence-corrected chi connectivity index (χ0v) is 17.7. The van der Waals surface area contributed by atoms with Gasteiger partial charge in [-0.15, -0.1) is 0 Å². The third-order valence-electron chi connectivity index (χ3n) is 5.66. The van der Waals surface area contributed by atoms with Crippen LogP contribution in [0, 0.1) is 27.7 Å². The number of phenolic OH excluding ortho intramolecular Hbond substituents is 2.